The molecule has 3 heteroatoms. The molecule has 2 saturated carbocycles. The Bertz CT molecular complexity index is 389. The van der Waals surface area contributed by atoms with Gasteiger partial charge in [-0.25, -0.2) is 8.78 Å². The quantitative estimate of drug-likeness (QED) is 0.224. The predicted molar refractivity (Wildman–Crippen MR) is 113 cm³/mol. The van der Waals surface area contributed by atoms with Crippen LogP contribution in [0.1, 0.15) is 98.3 Å². The molecule has 2 atom stereocenters. The minimum atomic E-state index is -2.50. The molecule has 2 fully saturated rings. The normalized spacial score (nSPS) is 28.8. The molecule has 0 aromatic rings. The third-order valence-electron chi connectivity index (χ3n) is 6.73. The summed E-state index contributed by atoms with van der Waals surface area (Å²) in [4.78, 5) is 0. The van der Waals surface area contributed by atoms with E-state index in [4.69, 9.17) is 0 Å². The number of hydrogen-bond donors (Lipinski definition) is 0. The van der Waals surface area contributed by atoms with E-state index in [0.717, 1.165) is 29.1 Å². The van der Waals surface area contributed by atoms with Crippen molar-refractivity contribution in [2.75, 3.05) is 0 Å². The lowest BCUT2D eigenvalue weighted by Gasteiger charge is -2.36. The Hall–Kier alpha value is 0.590. The fourth-order valence-corrected chi connectivity index (χ4v) is 6.02. The van der Waals surface area contributed by atoms with Crippen LogP contribution in [0.15, 0.2) is 0 Å². The summed E-state index contributed by atoms with van der Waals surface area (Å²) in [6, 6.07) is 0. The van der Waals surface area contributed by atoms with Gasteiger partial charge < -0.3 is 0 Å². The van der Waals surface area contributed by atoms with Gasteiger partial charge in [-0.1, -0.05) is 43.4 Å². The first-order valence-electron chi connectivity index (χ1n) is 10.6. The summed E-state index contributed by atoms with van der Waals surface area (Å²) < 4.78 is 27.3. The summed E-state index contributed by atoms with van der Waals surface area (Å²) in [7, 11) is 0. The van der Waals surface area contributed by atoms with E-state index >= 15 is 0 Å². The third kappa shape index (κ3) is 7.62. The molecule has 0 aliphatic heterocycles. The van der Waals surface area contributed by atoms with Gasteiger partial charge in [-0.15, -0.1) is 0 Å². The first-order valence-corrected chi connectivity index (χ1v) is 11.9. The largest absolute Gasteiger partial charge is 0.245 e. The highest BCUT2D eigenvalue weighted by Crippen LogP contribution is 2.61. The van der Waals surface area contributed by atoms with Crippen molar-refractivity contribution >= 4 is 22.6 Å². The van der Waals surface area contributed by atoms with E-state index in [1.807, 2.05) is 0 Å². The van der Waals surface area contributed by atoms with Gasteiger partial charge in [0.25, 0.3) is 0 Å². The summed E-state index contributed by atoms with van der Waals surface area (Å²) >= 11 is 2.63. The SMILES string of the molecule is CC(C)CC(C[C@H](C)CCC(C)(F)F)CC1([C@H]2CC[C@@H](I)CC2)CC1. The van der Waals surface area contributed by atoms with E-state index in [1.54, 1.807) is 0 Å². The van der Waals surface area contributed by atoms with Crippen LogP contribution >= 0.6 is 22.6 Å². The van der Waals surface area contributed by atoms with E-state index in [-0.39, 0.29) is 6.42 Å². The highest BCUT2D eigenvalue weighted by molar-refractivity contribution is 14.1. The molecule has 0 radical (unpaired) electrons. The van der Waals surface area contributed by atoms with Crippen molar-refractivity contribution in [2.45, 2.75) is 108 Å². The van der Waals surface area contributed by atoms with E-state index in [2.05, 4.69) is 43.4 Å². The average Bonchev–Trinajstić information content (AvgIpc) is 3.25. The highest BCUT2D eigenvalue weighted by Gasteiger charge is 2.50. The summed E-state index contributed by atoms with van der Waals surface area (Å²) in [5.41, 5.74) is 0.630. The van der Waals surface area contributed by atoms with Gasteiger partial charge in [0, 0.05) is 10.3 Å². The number of alkyl halides is 3. The minimum Gasteiger partial charge on any atom is -0.207 e. The maximum Gasteiger partial charge on any atom is 0.245 e. The molecule has 2 rings (SSSR count). The molecule has 0 saturated heterocycles. The number of halogens is 3. The molecule has 2 aliphatic carbocycles. The lowest BCUT2D eigenvalue weighted by molar-refractivity contribution is 0.00592. The molecule has 2 aliphatic rings. The maximum absolute atomic E-state index is 13.2. The van der Waals surface area contributed by atoms with Crippen LogP contribution in [0.5, 0.6) is 0 Å². The van der Waals surface area contributed by atoms with Crippen LogP contribution in [0.2, 0.25) is 0 Å². The Balaban J connectivity index is 1.88. The van der Waals surface area contributed by atoms with Gasteiger partial charge in [0.1, 0.15) is 0 Å². The lowest BCUT2D eigenvalue weighted by Crippen LogP contribution is -2.26. The number of rotatable bonds is 10. The summed E-state index contributed by atoms with van der Waals surface area (Å²) in [6.07, 6.45) is 13.0. The van der Waals surface area contributed by atoms with Crippen LogP contribution in [0.4, 0.5) is 8.78 Å². The van der Waals surface area contributed by atoms with Gasteiger partial charge in [-0.05, 0) is 100 Å². The van der Waals surface area contributed by atoms with Crippen LogP contribution in [0.3, 0.4) is 0 Å². The molecule has 0 aromatic heterocycles. The molecule has 1 unspecified atom stereocenters. The maximum atomic E-state index is 13.2. The fraction of sp³-hybridized carbons (Fsp3) is 1.00. The van der Waals surface area contributed by atoms with Crippen LogP contribution in [0.25, 0.3) is 0 Å². The molecule has 0 spiro atoms. The second kappa shape index (κ2) is 9.19. The van der Waals surface area contributed by atoms with Crippen molar-refractivity contribution < 1.29 is 8.78 Å². The van der Waals surface area contributed by atoms with Crippen molar-refractivity contribution in [1.82, 2.24) is 0 Å². The second-order valence-corrected chi connectivity index (χ2v) is 11.7. The van der Waals surface area contributed by atoms with E-state index in [0.29, 0.717) is 23.7 Å². The van der Waals surface area contributed by atoms with Gasteiger partial charge in [-0.3, -0.25) is 0 Å². The predicted octanol–water partition coefficient (Wildman–Crippen LogP) is 8.27. The Kier molecular flexibility index (Phi) is 8.04. The second-order valence-electron chi connectivity index (χ2n) is 9.96. The first-order chi connectivity index (χ1) is 11.6. The van der Waals surface area contributed by atoms with Gasteiger partial charge in [-0.2, -0.15) is 0 Å². The topological polar surface area (TPSA) is 0 Å². The van der Waals surface area contributed by atoms with E-state index in [1.165, 1.54) is 51.4 Å². The number of hydrogen-bond acceptors (Lipinski definition) is 0. The van der Waals surface area contributed by atoms with E-state index < -0.39 is 5.92 Å². The molecule has 0 nitrogen and oxygen atoms in total. The zero-order valence-electron chi connectivity index (χ0n) is 16.8. The molecule has 0 bridgehead atoms. The van der Waals surface area contributed by atoms with Crippen molar-refractivity contribution in [3.05, 3.63) is 0 Å². The molecule has 25 heavy (non-hydrogen) atoms. The molecule has 0 N–H and O–H groups in total. The standard InChI is InChI=1S/C22H39F2I/c1-16(2)13-18(14-17(3)9-10-21(4,23)24)15-22(11-12-22)19-5-7-20(25)8-6-19/h16-20H,5-15H2,1-4H3/t17-,18?,19-,20+/m1/s1. The van der Waals surface area contributed by atoms with Gasteiger partial charge in [0.05, 0.1) is 0 Å². The minimum absolute atomic E-state index is 0.0490. The summed E-state index contributed by atoms with van der Waals surface area (Å²) in [5, 5.41) is 0. The monoisotopic (exact) mass is 468 g/mol. The third-order valence-corrected chi connectivity index (χ3v) is 7.97. The molecule has 0 amide bonds. The Morgan fingerprint density at radius 1 is 1.04 bits per heavy atom. The van der Waals surface area contributed by atoms with Crippen LogP contribution in [0, 0.1) is 29.1 Å². The van der Waals surface area contributed by atoms with Crippen LogP contribution < -0.4 is 0 Å². The van der Waals surface area contributed by atoms with E-state index in [9.17, 15) is 8.78 Å². The average molecular weight is 468 g/mol. The zero-order chi connectivity index (χ0) is 18.7. The Labute approximate surface area is 168 Å². The van der Waals surface area contributed by atoms with Crippen molar-refractivity contribution in [1.29, 1.82) is 0 Å². The van der Waals surface area contributed by atoms with Crippen molar-refractivity contribution in [3.8, 4) is 0 Å². The van der Waals surface area contributed by atoms with Crippen LogP contribution in [-0.2, 0) is 0 Å². The molecular weight excluding hydrogens is 429 g/mol. The molecule has 0 heterocycles. The van der Waals surface area contributed by atoms with Crippen LogP contribution in [-0.4, -0.2) is 9.85 Å². The Morgan fingerprint density at radius 3 is 2.12 bits per heavy atom. The Morgan fingerprint density at radius 2 is 1.64 bits per heavy atom. The van der Waals surface area contributed by atoms with Crippen molar-refractivity contribution in [3.63, 3.8) is 0 Å². The molecule has 148 valence electrons. The van der Waals surface area contributed by atoms with Crippen molar-refractivity contribution in [2.24, 2.45) is 29.1 Å². The zero-order valence-corrected chi connectivity index (χ0v) is 19.0. The fourth-order valence-electron chi connectivity index (χ4n) is 5.30. The smallest absolute Gasteiger partial charge is 0.207 e. The molecular formula is C22H39F2I. The molecule has 0 aromatic carbocycles. The van der Waals surface area contributed by atoms with Gasteiger partial charge in [0.2, 0.25) is 5.92 Å². The first kappa shape index (κ1) is 21.9. The summed E-state index contributed by atoms with van der Waals surface area (Å²) in [5.74, 6) is 0.322. The van der Waals surface area contributed by atoms with Gasteiger partial charge in [0.15, 0.2) is 0 Å². The lowest BCUT2D eigenvalue weighted by atomic mass is 9.71. The highest BCUT2D eigenvalue weighted by atomic mass is 127. The van der Waals surface area contributed by atoms with Gasteiger partial charge >= 0.3 is 0 Å². The summed E-state index contributed by atoms with van der Waals surface area (Å²) in [6.45, 7) is 7.89.